The quantitative estimate of drug-likeness (QED) is 0.528. The van der Waals surface area contributed by atoms with Gasteiger partial charge in [0, 0.05) is 20.0 Å². The Morgan fingerprint density at radius 3 is 2.40 bits per heavy atom. The molecule has 1 fully saturated rings. The van der Waals surface area contributed by atoms with Crippen LogP contribution in [0.2, 0.25) is 0 Å². The van der Waals surface area contributed by atoms with Crippen molar-refractivity contribution in [2.45, 2.75) is 26.7 Å². The van der Waals surface area contributed by atoms with E-state index >= 15 is 0 Å². The van der Waals surface area contributed by atoms with E-state index in [1.54, 1.807) is 0 Å². The molecule has 0 spiro atoms. The summed E-state index contributed by atoms with van der Waals surface area (Å²) in [4.78, 5) is 24.6. The summed E-state index contributed by atoms with van der Waals surface area (Å²) in [7, 11) is 0. The second-order valence-corrected chi connectivity index (χ2v) is 5.36. The van der Waals surface area contributed by atoms with Gasteiger partial charge in [0.2, 0.25) is 11.8 Å². The normalized spacial score (nSPS) is 16.9. The number of hydrogen-bond acceptors (Lipinski definition) is 4. The van der Waals surface area contributed by atoms with Gasteiger partial charge in [-0.3, -0.25) is 14.5 Å². The van der Waals surface area contributed by atoms with E-state index in [2.05, 4.69) is 27.8 Å². The van der Waals surface area contributed by atoms with Crippen LogP contribution in [0.4, 0.5) is 0 Å². The van der Waals surface area contributed by atoms with Crippen LogP contribution in [0.1, 0.15) is 26.7 Å². The fourth-order valence-corrected chi connectivity index (χ4v) is 2.40. The van der Waals surface area contributed by atoms with Crippen LogP contribution in [0.5, 0.6) is 0 Å². The van der Waals surface area contributed by atoms with Crippen molar-refractivity contribution in [1.82, 2.24) is 20.9 Å². The van der Waals surface area contributed by atoms with Gasteiger partial charge in [0.25, 0.3) is 0 Å². The summed E-state index contributed by atoms with van der Waals surface area (Å²) in [5.74, 6) is 0.719. The van der Waals surface area contributed by atoms with Gasteiger partial charge in [-0.15, -0.1) is 0 Å². The van der Waals surface area contributed by atoms with Crippen molar-refractivity contribution in [3.05, 3.63) is 0 Å². The summed E-state index contributed by atoms with van der Waals surface area (Å²) in [6, 6.07) is 0. The topological polar surface area (TPSA) is 73.5 Å². The van der Waals surface area contributed by atoms with Crippen LogP contribution in [0.25, 0.3) is 0 Å². The smallest absolute Gasteiger partial charge is 0.234 e. The summed E-state index contributed by atoms with van der Waals surface area (Å²) >= 11 is 0. The first-order valence-corrected chi connectivity index (χ1v) is 7.56. The van der Waals surface area contributed by atoms with Gasteiger partial charge in [0.15, 0.2) is 0 Å². The molecule has 6 heteroatoms. The van der Waals surface area contributed by atoms with E-state index in [1.807, 2.05) is 0 Å². The molecule has 1 aliphatic rings. The van der Waals surface area contributed by atoms with E-state index in [1.165, 1.54) is 6.92 Å². The zero-order valence-electron chi connectivity index (χ0n) is 12.7. The predicted molar refractivity (Wildman–Crippen MR) is 79.4 cm³/mol. The van der Waals surface area contributed by atoms with Crippen molar-refractivity contribution >= 4 is 11.8 Å². The maximum Gasteiger partial charge on any atom is 0.234 e. The average molecular weight is 284 g/mol. The molecule has 1 saturated heterocycles. The fourth-order valence-electron chi connectivity index (χ4n) is 2.40. The molecule has 0 aromatic heterocycles. The lowest BCUT2D eigenvalue weighted by atomic mass is 9.97. The van der Waals surface area contributed by atoms with Crippen molar-refractivity contribution < 1.29 is 9.59 Å². The first-order valence-electron chi connectivity index (χ1n) is 7.56. The van der Waals surface area contributed by atoms with E-state index in [0.29, 0.717) is 19.6 Å². The molecule has 0 atom stereocenters. The van der Waals surface area contributed by atoms with Crippen molar-refractivity contribution in [3.8, 4) is 0 Å². The number of carbonyl (C=O) groups excluding carboxylic acids is 2. The number of amides is 2. The van der Waals surface area contributed by atoms with Gasteiger partial charge in [0.1, 0.15) is 0 Å². The third-order valence-electron chi connectivity index (χ3n) is 3.58. The van der Waals surface area contributed by atoms with Crippen LogP contribution in [-0.4, -0.2) is 62.5 Å². The average Bonchev–Trinajstić information content (AvgIpc) is 2.43. The molecule has 1 aliphatic heterocycles. The van der Waals surface area contributed by atoms with E-state index < -0.39 is 0 Å². The van der Waals surface area contributed by atoms with Gasteiger partial charge in [-0.2, -0.15) is 0 Å². The Labute approximate surface area is 121 Å². The third kappa shape index (κ3) is 7.45. The van der Waals surface area contributed by atoms with Crippen LogP contribution in [0.15, 0.2) is 0 Å². The highest BCUT2D eigenvalue weighted by Crippen LogP contribution is 2.15. The molecule has 1 rings (SSSR count). The first kappa shape index (κ1) is 16.9. The van der Waals surface area contributed by atoms with E-state index in [-0.39, 0.29) is 11.8 Å². The van der Waals surface area contributed by atoms with Crippen molar-refractivity contribution in [2.75, 3.05) is 45.8 Å². The molecule has 20 heavy (non-hydrogen) atoms. The zero-order valence-corrected chi connectivity index (χ0v) is 12.7. The lowest BCUT2D eigenvalue weighted by molar-refractivity contribution is -0.123. The number of rotatable bonds is 8. The van der Waals surface area contributed by atoms with Crippen LogP contribution in [-0.2, 0) is 9.59 Å². The SMILES string of the molecule is CCNCC1CCN(CC(=O)NCCNC(C)=O)CC1. The van der Waals surface area contributed by atoms with Crippen LogP contribution >= 0.6 is 0 Å². The lowest BCUT2D eigenvalue weighted by Gasteiger charge is -2.31. The number of nitrogens with one attached hydrogen (secondary N) is 3. The molecule has 0 aromatic rings. The number of carbonyl (C=O) groups is 2. The molecule has 2 amide bonds. The molecule has 0 unspecified atom stereocenters. The molecule has 0 bridgehead atoms. The number of nitrogens with zero attached hydrogens (tertiary/aromatic N) is 1. The minimum absolute atomic E-state index is 0.0421. The molecule has 0 saturated carbocycles. The molecule has 6 nitrogen and oxygen atoms in total. The number of piperidine rings is 1. The van der Waals surface area contributed by atoms with Crippen LogP contribution in [0.3, 0.4) is 0 Å². The van der Waals surface area contributed by atoms with Crippen molar-refractivity contribution in [3.63, 3.8) is 0 Å². The maximum atomic E-state index is 11.7. The summed E-state index contributed by atoms with van der Waals surface area (Å²) in [6.45, 7) is 9.16. The maximum absolute atomic E-state index is 11.7. The summed E-state index contributed by atoms with van der Waals surface area (Å²) in [6.07, 6.45) is 2.32. The fraction of sp³-hybridized carbons (Fsp3) is 0.857. The molecule has 1 heterocycles. The van der Waals surface area contributed by atoms with Gasteiger partial charge in [-0.1, -0.05) is 6.92 Å². The lowest BCUT2D eigenvalue weighted by Crippen LogP contribution is -2.44. The van der Waals surface area contributed by atoms with Crippen molar-refractivity contribution in [1.29, 1.82) is 0 Å². The van der Waals surface area contributed by atoms with Gasteiger partial charge < -0.3 is 16.0 Å². The van der Waals surface area contributed by atoms with E-state index in [9.17, 15) is 9.59 Å². The first-order chi connectivity index (χ1) is 9.61. The highest BCUT2D eigenvalue weighted by molar-refractivity contribution is 5.78. The minimum atomic E-state index is -0.0676. The zero-order chi connectivity index (χ0) is 14.8. The monoisotopic (exact) mass is 284 g/mol. The second kappa shape index (κ2) is 9.72. The molecule has 116 valence electrons. The summed E-state index contributed by atoms with van der Waals surface area (Å²) in [5, 5.41) is 8.86. The number of hydrogen-bond donors (Lipinski definition) is 3. The molecular formula is C14H28N4O2. The third-order valence-corrected chi connectivity index (χ3v) is 3.58. The Bertz CT molecular complexity index is 302. The standard InChI is InChI=1S/C14H28N4O2/c1-3-15-10-13-4-8-18(9-5-13)11-14(20)17-7-6-16-12(2)19/h13,15H,3-11H2,1-2H3,(H,16,19)(H,17,20). The minimum Gasteiger partial charge on any atom is -0.355 e. The Morgan fingerprint density at radius 2 is 1.80 bits per heavy atom. The molecule has 0 aliphatic carbocycles. The Kier molecular flexibility index (Phi) is 8.22. The second-order valence-electron chi connectivity index (χ2n) is 5.36. The molecule has 0 radical (unpaired) electrons. The van der Waals surface area contributed by atoms with Gasteiger partial charge in [-0.05, 0) is 44.9 Å². The largest absolute Gasteiger partial charge is 0.355 e. The Morgan fingerprint density at radius 1 is 1.15 bits per heavy atom. The number of likely N-dealkylation sites (tertiary alicyclic amines) is 1. The molecule has 0 aromatic carbocycles. The summed E-state index contributed by atoms with van der Waals surface area (Å²) in [5.41, 5.74) is 0. The predicted octanol–water partition coefficient (Wildman–Crippen LogP) is -0.440. The van der Waals surface area contributed by atoms with E-state index in [4.69, 9.17) is 0 Å². The summed E-state index contributed by atoms with van der Waals surface area (Å²) < 4.78 is 0. The van der Waals surface area contributed by atoms with Gasteiger partial charge in [0.05, 0.1) is 6.54 Å². The van der Waals surface area contributed by atoms with E-state index in [0.717, 1.165) is 44.9 Å². The van der Waals surface area contributed by atoms with Crippen LogP contribution in [0, 0.1) is 5.92 Å². The van der Waals surface area contributed by atoms with Gasteiger partial charge in [-0.25, -0.2) is 0 Å². The van der Waals surface area contributed by atoms with Gasteiger partial charge >= 0.3 is 0 Å². The Hall–Kier alpha value is -1.14. The Balaban J connectivity index is 2.07. The highest BCUT2D eigenvalue weighted by Gasteiger charge is 2.20. The van der Waals surface area contributed by atoms with Crippen molar-refractivity contribution in [2.24, 2.45) is 5.92 Å². The molecular weight excluding hydrogens is 256 g/mol. The van der Waals surface area contributed by atoms with Crippen LogP contribution < -0.4 is 16.0 Å². The highest BCUT2D eigenvalue weighted by atomic mass is 16.2. The molecule has 3 N–H and O–H groups in total.